The fourth-order valence-corrected chi connectivity index (χ4v) is 3.50. The molecule has 1 amide bonds. The molecule has 0 saturated heterocycles. The van der Waals surface area contributed by atoms with Crippen molar-refractivity contribution in [3.8, 4) is 0 Å². The molecule has 0 radical (unpaired) electrons. The topological polar surface area (TPSA) is 67.1 Å². The second kappa shape index (κ2) is 3.90. The highest BCUT2D eigenvalue weighted by Crippen LogP contribution is 2.68. The number of carbonyl (C=O) groups is 1. The van der Waals surface area contributed by atoms with Crippen molar-refractivity contribution in [1.29, 1.82) is 0 Å². The van der Waals surface area contributed by atoms with E-state index in [1.54, 1.807) is 0 Å². The molecule has 1 aliphatic heterocycles. The molecule has 0 unspecified atom stereocenters. The fraction of sp³-hybridized carbons (Fsp3) is 0.562. The summed E-state index contributed by atoms with van der Waals surface area (Å²) in [4.78, 5) is 11.4. The van der Waals surface area contributed by atoms with Gasteiger partial charge in [-0.2, -0.15) is 0 Å². The van der Waals surface area contributed by atoms with Crippen molar-refractivity contribution < 1.29 is 4.79 Å². The number of nitrogens with one attached hydrogen (secondary N) is 2. The minimum Gasteiger partial charge on any atom is -0.397 e. The molecule has 0 spiro atoms. The Labute approximate surface area is 120 Å². The molecule has 1 heterocycles. The number of anilines is 3. The molecule has 1 aromatic carbocycles. The number of nitrogen functional groups attached to an aromatic ring is 1. The van der Waals surface area contributed by atoms with Crippen LogP contribution in [-0.2, 0) is 11.2 Å². The Morgan fingerprint density at radius 2 is 1.95 bits per heavy atom. The zero-order chi connectivity index (χ0) is 14.7. The first kappa shape index (κ1) is 13.3. The van der Waals surface area contributed by atoms with Gasteiger partial charge in [-0.15, -0.1) is 0 Å². The zero-order valence-electron chi connectivity index (χ0n) is 12.6. The number of fused-ring (bicyclic) bond motifs is 1. The lowest BCUT2D eigenvalue weighted by molar-refractivity contribution is -0.115. The van der Waals surface area contributed by atoms with Gasteiger partial charge in [0.1, 0.15) is 0 Å². The molecule has 1 saturated carbocycles. The molecular formula is C16H23N3O. The maximum Gasteiger partial charge on any atom is 0.228 e. The molecular weight excluding hydrogens is 250 g/mol. The van der Waals surface area contributed by atoms with Gasteiger partial charge in [-0.1, -0.05) is 27.7 Å². The first-order chi connectivity index (χ1) is 9.23. The fourth-order valence-electron chi connectivity index (χ4n) is 3.50. The highest BCUT2D eigenvalue weighted by Gasteiger charge is 2.64. The van der Waals surface area contributed by atoms with Gasteiger partial charge in [0, 0.05) is 12.2 Å². The maximum atomic E-state index is 11.4. The minimum atomic E-state index is 0.0426. The van der Waals surface area contributed by atoms with Crippen LogP contribution < -0.4 is 16.4 Å². The van der Waals surface area contributed by atoms with Gasteiger partial charge in [-0.25, -0.2) is 0 Å². The van der Waals surface area contributed by atoms with Gasteiger partial charge in [0.15, 0.2) is 0 Å². The van der Waals surface area contributed by atoms with Crippen LogP contribution in [-0.4, -0.2) is 12.5 Å². The van der Waals surface area contributed by atoms with Crippen LogP contribution in [0.2, 0.25) is 0 Å². The van der Waals surface area contributed by atoms with E-state index in [0.29, 0.717) is 23.2 Å². The minimum absolute atomic E-state index is 0.0426. The monoisotopic (exact) mass is 273 g/mol. The molecule has 4 nitrogen and oxygen atoms in total. The zero-order valence-corrected chi connectivity index (χ0v) is 12.6. The predicted molar refractivity (Wildman–Crippen MR) is 82.7 cm³/mol. The number of benzene rings is 1. The van der Waals surface area contributed by atoms with Crippen molar-refractivity contribution in [2.75, 3.05) is 22.9 Å². The Bertz CT molecular complexity index is 576. The number of rotatable bonds is 3. The van der Waals surface area contributed by atoms with Crippen molar-refractivity contribution >= 4 is 23.0 Å². The first-order valence-electron chi connectivity index (χ1n) is 7.19. The average Bonchev–Trinajstić information content (AvgIpc) is 2.61. The summed E-state index contributed by atoms with van der Waals surface area (Å²) in [6, 6.07) is 3.86. The molecule has 1 fully saturated rings. The molecule has 0 aromatic heterocycles. The van der Waals surface area contributed by atoms with E-state index in [9.17, 15) is 4.79 Å². The molecule has 108 valence electrons. The van der Waals surface area contributed by atoms with Gasteiger partial charge in [0.25, 0.3) is 0 Å². The molecule has 0 bridgehead atoms. The predicted octanol–water partition coefficient (Wildman–Crippen LogP) is 2.86. The SMILES string of the molecule is CC1(C)C(CNc2cc3c(cc2N)CC(=O)N3)C1(C)C. The molecule has 0 atom stereocenters. The Kier molecular flexibility index (Phi) is 2.59. The van der Waals surface area contributed by atoms with E-state index in [1.807, 2.05) is 12.1 Å². The van der Waals surface area contributed by atoms with Gasteiger partial charge in [0.2, 0.25) is 5.91 Å². The smallest absolute Gasteiger partial charge is 0.228 e. The number of carbonyl (C=O) groups excluding carboxylic acids is 1. The van der Waals surface area contributed by atoms with Crippen LogP contribution in [0.25, 0.3) is 0 Å². The van der Waals surface area contributed by atoms with Crippen molar-refractivity contribution in [1.82, 2.24) is 0 Å². The summed E-state index contributed by atoms with van der Waals surface area (Å²) in [5, 5.41) is 6.32. The number of hydrogen-bond donors (Lipinski definition) is 3. The summed E-state index contributed by atoms with van der Waals surface area (Å²) in [7, 11) is 0. The van der Waals surface area contributed by atoms with E-state index < -0.39 is 0 Å². The van der Waals surface area contributed by atoms with Gasteiger partial charge in [-0.3, -0.25) is 4.79 Å². The lowest BCUT2D eigenvalue weighted by Gasteiger charge is -2.12. The van der Waals surface area contributed by atoms with E-state index in [0.717, 1.165) is 29.2 Å². The van der Waals surface area contributed by atoms with E-state index in [2.05, 4.69) is 38.3 Å². The first-order valence-corrected chi connectivity index (χ1v) is 7.19. The number of amides is 1. The highest BCUT2D eigenvalue weighted by atomic mass is 16.1. The van der Waals surface area contributed by atoms with Crippen LogP contribution in [0.5, 0.6) is 0 Å². The van der Waals surface area contributed by atoms with E-state index in [1.165, 1.54) is 0 Å². The van der Waals surface area contributed by atoms with E-state index in [4.69, 9.17) is 5.73 Å². The van der Waals surface area contributed by atoms with Crippen molar-refractivity contribution in [3.63, 3.8) is 0 Å². The third-order valence-corrected chi connectivity index (χ3v) is 5.72. The molecule has 4 heteroatoms. The summed E-state index contributed by atoms with van der Waals surface area (Å²) >= 11 is 0. The standard InChI is InChI=1S/C16H23N3O/c1-15(2)13(16(15,3)4)8-18-12-7-11-9(5-10(12)17)6-14(20)19-11/h5,7,13,18H,6,8,17H2,1-4H3,(H,19,20). The third kappa shape index (κ3) is 1.78. The summed E-state index contributed by atoms with van der Waals surface area (Å²) in [6.45, 7) is 10.2. The molecule has 4 N–H and O–H groups in total. The second-order valence-electron chi connectivity index (χ2n) is 7.20. The van der Waals surface area contributed by atoms with Crippen LogP contribution in [0.15, 0.2) is 12.1 Å². The van der Waals surface area contributed by atoms with Crippen LogP contribution in [0.3, 0.4) is 0 Å². The maximum absolute atomic E-state index is 11.4. The van der Waals surface area contributed by atoms with Crippen LogP contribution in [0, 0.1) is 16.7 Å². The van der Waals surface area contributed by atoms with E-state index >= 15 is 0 Å². The Balaban J connectivity index is 1.74. The summed E-state index contributed by atoms with van der Waals surface area (Å²) < 4.78 is 0. The van der Waals surface area contributed by atoms with Gasteiger partial charge in [0.05, 0.1) is 17.8 Å². The highest BCUT2D eigenvalue weighted by molar-refractivity contribution is 6.00. The molecule has 3 rings (SSSR count). The van der Waals surface area contributed by atoms with Crippen molar-refractivity contribution in [2.45, 2.75) is 34.1 Å². The van der Waals surface area contributed by atoms with E-state index in [-0.39, 0.29) is 5.91 Å². The molecule has 1 aliphatic carbocycles. The molecule has 2 aliphatic rings. The van der Waals surface area contributed by atoms with Crippen LogP contribution >= 0.6 is 0 Å². The van der Waals surface area contributed by atoms with Gasteiger partial charge in [-0.05, 0) is 34.4 Å². The lowest BCUT2D eigenvalue weighted by Crippen LogP contribution is -2.10. The van der Waals surface area contributed by atoms with Crippen LogP contribution in [0.4, 0.5) is 17.1 Å². The summed E-state index contributed by atoms with van der Waals surface area (Å²) in [6.07, 6.45) is 0.433. The van der Waals surface area contributed by atoms with Crippen molar-refractivity contribution in [3.05, 3.63) is 17.7 Å². The Morgan fingerprint density at radius 1 is 1.30 bits per heavy atom. The normalized spacial score (nSPS) is 22.3. The third-order valence-electron chi connectivity index (χ3n) is 5.72. The van der Waals surface area contributed by atoms with Crippen molar-refractivity contribution in [2.24, 2.45) is 16.7 Å². The van der Waals surface area contributed by atoms with Crippen LogP contribution in [0.1, 0.15) is 33.3 Å². The quantitative estimate of drug-likeness (QED) is 0.742. The molecule has 1 aromatic rings. The van der Waals surface area contributed by atoms with Gasteiger partial charge >= 0.3 is 0 Å². The number of nitrogens with two attached hydrogens (primary N) is 1. The Morgan fingerprint density at radius 3 is 2.55 bits per heavy atom. The average molecular weight is 273 g/mol. The Hall–Kier alpha value is -1.71. The summed E-state index contributed by atoms with van der Waals surface area (Å²) in [5.41, 5.74) is 10.3. The lowest BCUT2D eigenvalue weighted by atomic mass is 10.0. The molecule has 20 heavy (non-hydrogen) atoms. The van der Waals surface area contributed by atoms with Gasteiger partial charge < -0.3 is 16.4 Å². The number of hydrogen-bond acceptors (Lipinski definition) is 3. The largest absolute Gasteiger partial charge is 0.397 e. The summed E-state index contributed by atoms with van der Waals surface area (Å²) in [5.74, 6) is 0.679. The second-order valence-corrected chi connectivity index (χ2v) is 7.20.